The van der Waals surface area contributed by atoms with E-state index in [0.717, 1.165) is 16.3 Å². The molecule has 0 aliphatic carbocycles. The van der Waals surface area contributed by atoms with Crippen LogP contribution in [-0.4, -0.2) is 44.6 Å². The monoisotopic (exact) mass is 630 g/mol. The zero-order valence-electron chi connectivity index (χ0n) is 24.0. The molecule has 0 saturated carbocycles. The molecule has 4 aromatic rings. The van der Waals surface area contributed by atoms with E-state index < -0.39 is 28.0 Å². The predicted molar refractivity (Wildman–Crippen MR) is 169 cm³/mol. The van der Waals surface area contributed by atoms with E-state index in [9.17, 15) is 29.8 Å². The van der Waals surface area contributed by atoms with Gasteiger partial charge in [-0.2, -0.15) is 12.6 Å². The molecule has 1 unspecified atom stereocenters. The number of carbonyl (C=O) groups excluding carboxylic acids is 2. The fraction of sp³-hybridized carbons (Fsp3) is 0.250. The number of nitro groups is 2. The second kappa shape index (κ2) is 13.7. The number of thiol groups is 1. The van der Waals surface area contributed by atoms with Crippen LogP contribution in [0.15, 0.2) is 84.9 Å². The summed E-state index contributed by atoms with van der Waals surface area (Å²) >= 11 is 4.63. The molecule has 1 aliphatic heterocycles. The molecule has 1 heterocycles. The number of nitro benzene ring substituents is 2. The maximum absolute atomic E-state index is 13.1. The molecule has 4 aromatic carbocycles. The average molecular weight is 631 g/mol. The fourth-order valence-electron chi connectivity index (χ4n) is 5.42. The third-order valence-electron chi connectivity index (χ3n) is 7.76. The normalized spacial score (nSPS) is 16.7. The van der Waals surface area contributed by atoms with E-state index >= 15 is 0 Å². The zero-order chi connectivity index (χ0) is 32.1. The molecule has 2 N–H and O–H groups in total. The maximum atomic E-state index is 13.1. The molecule has 0 radical (unpaired) electrons. The van der Waals surface area contributed by atoms with Crippen LogP contribution in [0, 0.1) is 20.2 Å². The van der Waals surface area contributed by atoms with Gasteiger partial charge in [-0.25, -0.2) is 9.59 Å². The van der Waals surface area contributed by atoms with Gasteiger partial charge in [0.15, 0.2) is 0 Å². The molecule has 0 spiro atoms. The summed E-state index contributed by atoms with van der Waals surface area (Å²) in [6.45, 7) is 0.310. The lowest BCUT2D eigenvalue weighted by atomic mass is 9.92. The van der Waals surface area contributed by atoms with Gasteiger partial charge < -0.3 is 20.1 Å². The summed E-state index contributed by atoms with van der Waals surface area (Å²) in [5, 5.41) is 23.4. The second-order valence-electron chi connectivity index (χ2n) is 10.7. The molecule has 1 fully saturated rings. The highest BCUT2D eigenvalue weighted by Gasteiger charge is 2.35. The van der Waals surface area contributed by atoms with Crippen molar-refractivity contribution in [1.82, 2.24) is 4.90 Å². The van der Waals surface area contributed by atoms with Gasteiger partial charge in [0.25, 0.3) is 11.4 Å². The lowest BCUT2D eigenvalue weighted by molar-refractivity contribution is -0.385. The lowest BCUT2D eigenvalue weighted by Gasteiger charge is -2.25. The minimum absolute atomic E-state index is 0.0207. The summed E-state index contributed by atoms with van der Waals surface area (Å²) < 4.78 is 11.0. The SMILES string of the molecule is NC(C(=O)OCc1ccc([N+](=O)[O-])cc1)c1ccc(C[C@@H]2C[C@H](S)CN2C(=O)OCc2ccc([N+](=O)[O-])cc2)c2ccccc12. The van der Waals surface area contributed by atoms with Gasteiger partial charge in [-0.1, -0.05) is 36.4 Å². The fourth-order valence-corrected chi connectivity index (χ4v) is 5.84. The standard InChI is InChI=1S/C32H30N4O8S/c33-30(31(37)43-18-20-5-10-23(11-6-20)35(39)40)29-14-9-22(27-3-1-2-4-28(27)29)15-25-16-26(45)17-34(25)32(38)44-19-21-7-12-24(13-8-21)36(41)42/h1-14,25-26,30,45H,15-19,33H2/t25-,26+,30?/m1/s1. The first kappa shape index (κ1) is 31.4. The van der Waals surface area contributed by atoms with Crippen molar-refractivity contribution < 1.29 is 28.9 Å². The quantitative estimate of drug-likeness (QED) is 0.0973. The third kappa shape index (κ3) is 7.39. The first-order chi connectivity index (χ1) is 21.6. The average Bonchev–Trinajstić information content (AvgIpc) is 3.42. The molecule has 45 heavy (non-hydrogen) atoms. The van der Waals surface area contributed by atoms with Crippen molar-refractivity contribution in [2.75, 3.05) is 6.54 Å². The van der Waals surface area contributed by atoms with Crippen LogP contribution in [-0.2, 0) is 33.9 Å². The van der Waals surface area contributed by atoms with Gasteiger partial charge in [0, 0.05) is 42.1 Å². The van der Waals surface area contributed by atoms with Crippen molar-refractivity contribution in [1.29, 1.82) is 0 Å². The van der Waals surface area contributed by atoms with Crippen LogP contribution < -0.4 is 5.73 Å². The summed E-state index contributed by atoms with van der Waals surface area (Å²) in [5.41, 5.74) is 9.03. The van der Waals surface area contributed by atoms with Gasteiger partial charge >= 0.3 is 12.1 Å². The number of nitrogens with zero attached hydrogens (tertiary/aromatic N) is 3. The first-order valence-corrected chi connectivity index (χ1v) is 14.6. The number of nitrogens with two attached hydrogens (primary N) is 1. The van der Waals surface area contributed by atoms with E-state index in [0.29, 0.717) is 36.1 Å². The van der Waals surface area contributed by atoms with Crippen LogP contribution in [0.4, 0.5) is 16.2 Å². The number of non-ortho nitro benzene ring substituents is 2. The Balaban J connectivity index is 1.27. The Kier molecular flexibility index (Phi) is 9.59. The molecule has 5 rings (SSSR count). The number of likely N-dealkylation sites (tertiary alicyclic amines) is 1. The van der Waals surface area contributed by atoms with Gasteiger partial charge in [0.1, 0.15) is 19.3 Å². The van der Waals surface area contributed by atoms with E-state index in [1.54, 1.807) is 23.1 Å². The number of esters is 1. The zero-order valence-corrected chi connectivity index (χ0v) is 24.9. The molecule has 1 saturated heterocycles. The van der Waals surface area contributed by atoms with E-state index in [-0.39, 0.29) is 35.9 Å². The molecule has 0 aromatic heterocycles. The highest BCUT2D eigenvalue weighted by atomic mass is 32.1. The summed E-state index contributed by atoms with van der Waals surface area (Å²) in [4.78, 5) is 48.4. The second-order valence-corrected chi connectivity index (χ2v) is 11.5. The van der Waals surface area contributed by atoms with E-state index in [1.807, 2.05) is 30.3 Å². The van der Waals surface area contributed by atoms with Crippen LogP contribution in [0.3, 0.4) is 0 Å². The first-order valence-electron chi connectivity index (χ1n) is 14.1. The molecule has 12 nitrogen and oxygen atoms in total. The molecular formula is C32H30N4O8S. The number of fused-ring (bicyclic) bond motifs is 1. The van der Waals surface area contributed by atoms with Gasteiger partial charge in [-0.3, -0.25) is 20.2 Å². The van der Waals surface area contributed by atoms with E-state index in [1.165, 1.54) is 36.4 Å². The molecule has 1 amide bonds. The van der Waals surface area contributed by atoms with Gasteiger partial charge in [-0.15, -0.1) is 0 Å². The highest BCUT2D eigenvalue weighted by Crippen LogP contribution is 2.32. The van der Waals surface area contributed by atoms with Crippen LogP contribution in [0.25, 0.3) is 10.8 Å². The van der Waals surface area contributed by atoms with Crippen LogP contribution in [0.1, 0.15) is 34.7 Å². The van der Waals surface area contributed by atoms with Crippen LogP contribution >= 0.6 is 12.6 Å². The summed E-state index contributed by atoms with van der Waals surface area (Å²) in [5.74, 6) is -0.637. The minimum atomic E-state index is -1.07. The molecule has 0 bridgehead atoms. The third-order valence-corrected chi connectivity index (χ3v) is 8.13. The topological polar surface area (TPSA) is 168 Å². The number of carbonyl (C=O) groups is 2. The Morgan fingerprint density at radius 1 is 0.844 bits per heavy atom. The molecule has 232 valence electrons. The Morgan fingerprint density at radius 2 is 1.40 bits per heavy atom. The van der Waals surface area contributed by atoms with Crippen molar-refractivity contribution in [3.8, 4) is 0 Å². The van der Waals surface area contributed by atoms with Gasteiger partial charge in [-0.05, 0) is 70.1 Å². The van der Waals surface area contributed by atoms with Crippen molar-refractivity contribution in [3.63, 3.8) is 0 Å². The number of benzene rings is 4. The number of ether oxygens (including phenoxy) is 2. The molecule has 1 aliphatic rings. The number of hydrogen-bond donors (Lipinski definition) is 2. The number of amides is 1. The van der Waals surface area contributed by atoms with Gasteiger partial charge in [0.05, 0.1) is 9.85 Å². The smallest absolute Gasteiger partial charge is 0.410 e. The van der Waals surface area contributed by atoms with Crippen LogP contribution in [0.5, 0.6) is 0 Å². The van der Waals surface area contributed by atoms with Gasteiger partial charge in [0.2, 0.25) is 0 Å². The highest BCUT2D eigenvalue weighted by molar-refractivity contribution is 7.81. The lowest BCUT2D eigenvalue weighted by Crippen LogP contribution is -2.37. The Morgan fingerprint density at radius 3 is 1.98 bits per heavy atom. The van der Waals surface area contributed by atoms with Crippen molar-refractivity contribution in [2.24, 2.45) is 5.73 Å². The largest absolute Gasteiger partial charge is 0.459 e. The summed E-state index contributed by atoms with van der Waals surface area (Å²) in [7, 11) is 0. The van der Waals surface area contributed by atoms with E-state index in [2.05, 4.69) is 12.6 Å². The minimum Gasteiger partial charge on any atom is -0.459 e. The summed E-state index contributed by atoms with van der Waals surface area (Å²) in [6, 6.07) is 21.6. The predicted octanol–water partition coefficient (Wildman–Crippen LogP) is 5.65. The summed E-state index contributed by atoms with van der Waals surface area (Å²) in [6.07, 6.45) is 0.679. The van der Waals surface area contributed by atoms with E-state index in [4.69, 9.17) is 15.2 Å². The van der Waals surface area contributed by atoms with Crippen LogP contribution in [0.2, 0.25) is 0 Å². The number of rotatable bonds is 10. The molecular weight excluding hydrogens is 600 g/mol. The van der Waals surface area contributed by atoms with Crippen molar-refractivity contribution in [2.45, 2.75) is 43.4 Å². The number of hydrogen-bond acceptors (Lipinski definition) is 10. The molecule has 13 heteroatoms. The molecule has 3 atom stereocenters. The van der Waals surface area contributed by atoms with Crippen molar-refractivity contribution >= 4 is 46.8 Å². The Bertz CT molecular complexity index is 1730. The maximum Gasteiger partial charge on any atom is 0.410 e. The Hall–Kier alpha value is -5.01. The van der Waals surface area contributed by atoms with Crippen molar-refractivity contribution in [3.05, 3.63) is 127 Å². The Labute approximate surface area is 263 Å².